The van der Waals surface area contributed by atoms with E-state index in [1.807, 2.05) is 12.1 Å². The lowest BCUT2D eigenvalue weighted by molar-refractivity contribution is 0.477. The Balaban J connectivity index is 2.12. The number of phenols is 1. The van der Waals surface area contributed by atoms with E-state index in [0.29, 0.717) is 0 Å². The van der Waals surface area contributed by atoms with Crippen molar-refractivity contribution < 1.29 is 13.5 Å². The molecule has 0 aliphatic rings. The molecule has 20 heavy (non-hydrogen) atoms. The summed E-state index contributed by atoms with van der Waals surface area (Å²) in [7, 11) is -3.63. The zero-order chi connectivity index (χ0) is 14.8. The van der Waals surface area contributed by atoms with Crippen LogP contribution in [0.4, 0.5) is 5.69 Å². The van der Waals surface area contributed by atoms with E-state index in [9.17, 15) is 13.5 Å². The number of aromatic hydroxyl groups is 1. The molecule has 0 saturated carbocycles. The van der Waals surface area contributed by atoms with E-state index < -0.39 is 10.0 Å². The summed E-state index contributed by atoms with van der Waals surface area (Å²) in [5, 5.41) is 9.31. The maximum atomic E-state index is 12.1. The van der Waals surface area contributed by atoms with Gasteiger partial charge in [-0.05, 0) is 36.8 Å². The van der Waals surface area contributed by atoms with Gasteiger partial charge in [-0.2, -0.15) is 0 Å². The lowest BCUT2D eigenvalue weighted by atomic mass is 10.3. The minimum Gasteiger partial charge on any atom is -0.506 e. The third kappa shape index (κ3) is 3.30. The quantitative estimate of drug-likeness (QED) is 0.582. The van der Waals surface area contributed by atoms with Gasteiger partial charge in [0, 0.05) is 16.3 Å². The Kier molecular flexibility index (Phi) is 4.32. The molecule has 5 nitrogen and oxygen atoms in total. The normalized spacial score (nSPS) is 11.7. The third-order valence-electron chi connectivity index (χ3n) is 2.81. The van der Waals surface area contributed by atoms with Crippen molar-refractivity contribution >= 4 is 27.0 Å². The molecule has 0 bridgehead atoms. The van der Waals surface area contributed by atoms with Crippen molar-refractivity contribution in [1.29, 1.82) is 0 Å². The van der Waals surface area contributed by atoms with Crippen molar-refractivity contribution in [1.82, 2.24) is 4.72 Å². The molecule has 2 rings (SSSR count). The van der Waals surface area contributed by atoms with Gasteiger partial charge < -0.3 is 10.8 Å². The highest BCUT2D eigenvalue weighted by Crippen LogP contribution is 2.23. The highest BCUT2D eigenvalue weighted by atomic mass is 32.2. The number of nitrogens with two attached hydrogens (primary N) is 1. The molecule has 1 aromatic carbocycles. The molecular formula is C13H16N2O3S2. The van der Waals surface area contributed by atoms with Crippen LogP contribution < -0.4 is 10.5 Å². The maximum Gasteiger partial charge on any atom is 0.240 e. The molecule has 1 heterocycles. The Bertz CT molecular complexity index is 708. The fraction of sp³-hybridized carbons (Fsp3) is 0.231. The first-order valence-electron chi connectivity index (χ1n) is 6.08. The number of nitrogen functional groups attached to an aromatic ring is 1. The number of thiophene rings is 1. The van der Waals surface area contributed by atoms with Gasteiger partial charge in [-0.3, -0.25) is 0 Å². The molecule has 4 N–H and O–H groups in total. The summed E-state index contributed by atoms with van der Waals surface area (Å²) in [6.07, 6.45) is 0.936. The van der Waals surface area contributed by atoms with Gasteiger partial charge in [0.15, 0.2) is 0 Å². The van der Waals surface area contributed by atoms with Crippen LogP contribution in [0.3, 0.4) is 0 Å². The van der Waals surface area contributed by atoms with Crippen LogP contribution in [0, 0.1) is 0 Å². The van der Waals surface area contributed by atoms with Crippen LogP contribution in [0.2, 0.25) is 0 Å². The molecule has 0 aliphatic carbocycles. The molecule has 0 fully saturated rings. The van der Waals surface area contributed by atoms with E-state index in [4.69, 9.17) is 5.73 Å². The van der Waals surface area contributed by atoms with E-state index in [2.05, 4.69) is 11.6 Å². The van der Waals surface area contributed by atoms with Crippen LogP contribution in [0.1, 0.15) is 16.7 Å². The zero-order valence-electron chi connectivity index (χ0n) is 11.0. The summed E-state index contributed by atoms with van der Waals surface area (Å²) in [6, 6.07) is 7.73. The average molecular weight is 312 g/mol. The van der Waals surface area contributed by atoms with Crippen LogP contribution >= 0.6 is 11.3 Å². The molecule has 0 unspecified atom stereocenters. The maximum absolute atomic E-state index is 12.1. The smallest absolute Gasteiger partial charge is 0.240 e. The Hall–Kier alpha value is -1.57. The lowest BCUT2D eigenvalue weighted by Gasteiger charge is -2.07. The van der Waals surface area contributed by atoms with E-state index in [1.54, 1.807) is 11.3 Å². The third-order valence-corrected chi connectivity index (χ3v) is 5.44. The molecule has 0 amide bonds. The molecule has 108 valence electrons. The number of aryl methyl sites for hydroxylation is 1. The van der Waals surface area contributed by atoms with Gasteiger partial charge >= 0.3 is 0 Å². The first-order valence-corrected chi connectivity index (χ1v) is 8.38. The second-order valence-electron chi connectivity index (χ2n) is 4.27. The van der Waals surface area contributed by atoms with Gasteiger partial charge in [0.05, 0.1) is 10.6 Å². The fourth-order valence-corrected chi connectivity index (χ4v) is 3.69. The molecular weight excluding hydrogens is 296 g/mol. The SMILES string of the molecule is CCc1ccc(CNS(=O)(=O)c2ccc(O)c(N)c2)s1. The number of hydrogen-bond donors (Lipinski definition) is 3. The first kappa shape index (κ1) is 14.8. The molecule has 0 saturated heterocycles. The number of benzene rings is 1. The van der Waals surface area contributed by atoms with Crippen LogP contribution in [0.25, 0.3) is 0 Å². The molecule has 0 radical (unpaired) electrons. The number of anilines is 1. The van der Waals surface area contributed by atoms with E-state index in [0.717, 1.165) is 11.3 Å². The standard InChI is InChI=1S/C13H16N2O3S2/c1-2-9-3-4-10(19-9)8-15-20(17,18)11-5-6-13(16)12(14)7-11/h3-7,15-16H,2,8,14H2,1H3. The number of nitrogens with one attached hydrogen (secondary N) is 1. The van der Waals surface area contributed by atoms with E-state index in [1.165, 1.54) is 23.1 Å². The Morgan fingerprint density at radius 2 is 1.95 bits per heavy atom. The Labute approximate surface area is 122 Å². The van der Waals surface area contributed by atoms with Crippen molar-refractivity contribution in [2.24, 2.45) is 0 Å². The molecule has 0 atom stereocenters. The molecule has 7 heteroatoms. The average Bonchev–Trinajstić information content (AvgIpc) is 2.87. The number of rotatable bonds is 5. The Morgan fingerprint density at radius 1 is 1.25 bits per heavy atom. The second kappa shape index (κ2) is 5.82. The van der Waals surface area contributed by atoms with Gasteiger partial charge in [0.2, 0.25) is 10.0 Å². The summed E-state index contributed by atoms with van der Waals surface area (Å²) in [4.78, 5) is 2.21. The van der Waals surface area contributed by atoms with Crippen molar-refractivity contribution in [3.05, 3.63) is 40.1 Å². The summed E-state index contributed by atoms with van der Waals surface area (Å²) >= 11 is 1.58. The summed E-state index contributed by atoms with van der Waals surface area (Å²) in [5.41, 5.74) is 5.54. The molecule has 1 aromatic heterocycles. The zero-order valence-corrected chi connectivity index (χ0v) is 12.6. The van der Waals surface area contributed by atoms with Crippen LogP contribution in [-0.2, 0) is 23.0 Å². The van der Waals surface area contributed by atoms with Gasteiger partial charge in [-0.1, -0.05) is 6.92 Å². The van der Waals surface area contributed by atoms with Crippen molar-refractivity contribution in [2.45, 2.75) is 24.8 Å². The highest BCUT2D eigenvalue weighted by molar-refractivity contribution is 7.89. The fourth-order valence-electron chi connectivity index (χ4n) is 1.66. The Morgan fingerprint density at radius 3 is 2.55 bits per heavy atom. The minimum atomic E-state index is -3.63. The first-order chi connectivity index (χ1) is 9.42. The second-order valence-corrected chi connectivity index (χ2v) is 7.29. The molecule has 0 spiro atoms. The highest BCUT2D eigenvalue weighted by Gasteiger charge is 2.15. The molecule has 2 aromatic rings. The van der Waals surface area contributed by atoms with E-state index in [-0.39, 0.29) is 22.9 Å². The van der Waals surface area contributed by atoms with Crippen molar-refractivity contribution in [3.63, 3.8) is 0 Å². The van der Waals surface area contributed by atoms with E-state index >= 15 is 0 Å². The number of sulfonamides is 1. The van der Waals surface area contributed by atoms with Crippen LogP contribution in [0.5, 0.6) is 5.75 Å². The summed E-state index contributed by atoms with van der Waals surface area (Å²) < 4.78 is 26.7. The predicted octanol–water partition coefficient (Wildman–Crippen LogP) is 2.08. The number of phenolic OH excluding ortho intramolecular Hbond substituents is 1. The monoisotopic (exact) mass is 312 g/mol. The topological polar surface area (TPSA) is 92.4 Å². The minimum absolute atomic E-state index is 0.0391. The summed E-state index contributed by atoms with van der Waals surface area (Å²) in [6.45, 7) is 2.30. The van der Waals surface area contributed by atoms with Crippen LogP contribution in [0.15, 0.2) is 35.2 Å². The van der Waals surface area contributed by atoms with Gasteiger partial charge in [0.1, 0.15) is 5.75 Å². The van der Waals surface area contributed by atoms with Gasteiger partial charge in [0.25, 0.3) is 0 Å². The predicted molar refractivity (Wildman–Crippen MR) is 80.2 cm³/mol. The van der Waals surface area contributed by atoms with Crippen molar-refractivity contribution in [3.8, 4) is 5.75 Å². The lowest BCUT2D eigenvalue weighted by Crippen LogP contribution is -2.22. The van der Waals surface area contributed by atoms with Crippen LogP contribution in [-0.4, -0.2) is 13.5 Å². The van der Waals surface area contributed by atoms with Gasteiger partial charge in [-0.25, -0.2) is 13.1 Å². The molecule has 0 aliphatic heterocycles. The summed E-state index contributed by atoms with van der Waals surface area (Å²) in [5.74, 6) is -0.130. The van der Waals surface area contributed by atoms with Gasteiger partial charge in [-0.15, -0.1) is 11.3 Å². The number of hydrogen-bond acceptors (Lipinski definition) is 5. The largest absolute Gasteiger partial charge is 0.506 e. The van der Waals surface area contributed by atoms with Crippen molar-refractivity contribution in [2.75, 3.05) is 5.73 Å².